The lowest BCUT2D eigenvalue weighted by Crippen LogP contribution is -2.53. The highest BCUT2D eigenvalue weighted by atomic mass is 32.1. The predicted octanol–water partition coefficient (Wildman–Crippen LogP) is 0.470. The van der Waals surface area contributed by atoms with E-state index in [1.807, 2.05) is 16.8 Å². The monoisotopic (exact) mass is 385 g/mol. The zero-order valence-corrected chi connectivity index (χ0v) is 15.7. The maximum Gasteiger partial charge on any atom is 0.319 e. The molecular formula is C17H27N3O5S. The molecule has 3 rings (SSSR count). The first-order valence-corrected chi connectivity index (χ1v) is 9.84. The first kappa shape index (κ1) is 19.5. The summed E-state index contributed by atoms with van der Waals surface area (Å²) in [6.45, 7) is 1.43. The largest absolute Gasteiger partial charge is 0.394 e. The highest BCUT2D eigenvalue weighted by Crippen LogP contribution is 2.31. The first-order valence-electron chi connectivity index (χ1n) is 8.90. The van der Waals surface area contributed by atoms with E-state index in [2.05, 4.69) is 15.5 Å². The van der Waals surface area contributed by atoms with Gasteiger partial charge in [0.05, 0.1) is 31.0 Å². The molecule has 8 nitrogen and oxygen atoms in total. The Kier molecular flexibility index (Phi) is 6.85. The number of hydrogen-bond acceptors (Lipinski definition) is 7. The maximum atomic E-state index is 12.1. The zero-order valence-electron chi connectivity index (χ0n) is 14.8. The molecule has 2 saturated heterocycles. The molecule has 0 spiro atoms. The summed E-state index contributed by atoms with van der Waals surface area (Å²) < 4.78 is 11.1. The van der Waals surface area contributed by atoms with Crippen LogP contribution in [0.1, 0.15) is 12.8 Å². The summed E-state index contributed by atoms with van der Waals surface area (Å²) >= 11 is 1.50. The zero-order chi connectivity index (χ0) is 18.5. The average Bonchev–Trinajstić information content (AvgIpc) is 3.34. The van der Waals surface area contributed by atoms with E-state index in [0.29, 0.717) is 6.61 Å². The molecule has 0 aromatic carbocycles. The standard InChI is InChI=1S/C17H27N3O5S/c1-24-9-12-3-2-5-20(12)15-13(25-14(8-21)16(15)22)7-18-17(23)19-11-4-6-26-10-11/h4,6,10,12-16,21-22H,2-3,5,7-9H2,1H3,(H2,18,19,23). The predicted molar refractivity (Wildman–Crippen MR) is 98.5 cm³/mol. The van der Waals surface area contributed by atoms with E-state index in [0.717, 1.165) is 25.1 Å². The number of carbonyl (C=O) groups is 1. The Morgan fingerprint density at radius 2 is 2.35 bits per heavy atom. The summed E-state index contributed by atoms with van der Waals surface area (Å²) in [4.78, 5) is 14.3. The van der Waals surface area contributed by atoms with E-state index in [-0.39, 0.29) is 31.3 Å². The van der Waals surface area contributed by atoms with Gasteiger partial charge in [-0.25, -0.2) is 4.79 Å². The SMILES string of the molecule is COCC1CCCN1C1C(CNC(=O)Nc2ccsc2)OC(CO)C1O. The number of hydrogen-bond donors (Lipinski definition) is 4. The number of anilines is 1. The topological polar surface area (TPSA) is 103 Å². The third kappa shape index (κ3) is 4.36. The van der Waals surface area contributed by atoms with Crippen LogP contribution < -0.4 is 10.6 Å². The van der Waals surface area contributed by atoms with E-state index >= 15 is 0 Å². The highest BCUT2D eigenvalue weighted by molar-refractivity contribution is 7.08. The number of rotatable bonds is 7. The van der Waals surface area contributed by atoms with Crippen molar-refractivity contribution in [1.82, 2.24) is 10.2 Å². The molecule has 0 bridgehead atoms. The van der Waals surface area contributed by atoms with Gasteiger partial charge in [0.2, 0.25) is 0 Å². The number of ether oxygens (including phenoxy) is 2. The van der Waals surface area contributed by atoms with Gasteiger partial charge in [0.1, 0.15) is 12.2 Å². The second-order valence-electron chi connectivity index (χ2n) is 6.71. The fraction of sp³-hybridized carbons (Fsp3) is 0.706. The maximum absolute atomic E-state index is 12.1. The quantitative estimate of drug-likeness (QED) is 0.544. The molecule has 0 saturated carbocycles. The van der Waals surface area contributed by atoms with Crippen LogP contribution in [-0.4, -0.2) is 85.0 Å². The fourth-order valence-electron chi connectivity index (χ4n) is 3.88. The van der Waals surface area contributed by atoms with Crippen LogP contribution in [0.15, 0.2) is 16.8 Å². The van der Waals surface area contributed by atoms with E-state index < -0.39 is 18.3 Å². The molecule has 1 aromatic rings. The van der Waals surface area contributed by atoms with Gasteiger partial charge in [0.25, 0.3) is 0 Å². The van der Waals surface area contributed by atoms with Crippen LogP contribution in [0.4, 0.5) is 10.5 Å². The van der Waals surface area contributed by atoms with Gasteiger partial charge in [0, 0.05) is 25.1 Å². The van der Waals surface area contributed by atoms with Crippen molar-refractivity contribution in [3.05, 3.63) is 16.8 Å². The third-order valence-corrected chi connectivity index (χ3v) is 5.73. The Morgan fingerprint density at radius 3 is 3.04 bits per heavy atom. The van der Waals surface area contributed by atoms with Crippen LogP contribution in [0.2, 0.25) is 0 Å². The van der Waals surface area contributed by atoms with Crippen LogP contribution in [0.25, 0.3) is 0 Å². The van der Waals surface area contributed by atoms with Crippen LogP contribution in [-0.2, 0) is 9.47 Å². The minimum Gasteiger partial charge on any atom is -0.394 e. The number of methoxy groups -OCH3 is 1. The van der Waals surface area contributed by atoms with Crippen molar-refractivity contribution >= 4 is 23.1 Å². The molecule has 5 atom stereocenters. The number of likely N-dealkylation sites (tertiary alicyclic amines) is 1. The van der Waals surface area contributed by atoms with Gasteiger partial charge in [-0.1, -0.05) is 0 Å². The Bertz CT molecular complexity index is 573. The van der Waals surface area contributed by atoms with Gasteiger partial charge in [-0.05, 0) is 30.8 Å². The van der Waals surface area contributed by atoms with E-state index in [4.69, 9.17) is 9.47 Å². The Morgan fingerprint density at radius 1 is 1.50 bits per heavy atom. The van der Waals surface area contributed by atoms with Crippen molar-refractivity contribution in [2.45, 2.75) is 43.2 Å². The Labute approximate surface area is 157 Å². The van der Waals surface area contributed by atoms with Crippen molar-refractivity contribution < 1.29 is 24.5 Å². The molecule has 5 unspecified atom stereocenters. The van der Waals surface area contributed by atoms with E-state index in [1.165, 1.54) is 11.3 Å². The molecule has 146 valence electrons. The minimum absolute atomic E-state index is 0.211. The third-order valence-electron chi connectivity index (χ3n) is 5.05. The van der Waals surface area contributed by atoms with Crippen molar-refractivity contribution in [1.29, 1.82) is 0 Å². The van der Waals surface area contributed by atoms with Crippen molar-refractivity contribution in [3.63, 3.8) is 0 Å². The summed E-state index contributed by atoms with van der Waals surface area (Å²) in [5.74, 6) is 0. The molecule has 2 amide bonds. The fourth-order valence-corrected chi connectivity index (χ4v) is 4.47. The van der Waals surface area contributed by atoms with Crippen LogP contribution >= 0.6 is 11.3 Å². The summed E-state index contributed by atoms with van der Waals surface area (Å²) in [7, 11) is 1.67. The summed E-state index contributed by atoms with van der Waals surface area (Å²) in [5.41, 5.74) is 0.740. The van der Waals surface area contributed by atoms with E-state index in [9.17, 15) is 15.0 Å². The first-order chi connectivity index (χ1) is 12.6. The van der Waals surface area contributed by atoms with Crippen molar-refractivity contribution in [3.8, 4) is 0 Å². The smallest absolute Gasteiger partial charge is 0.319 e. The van der Waals surface area contributed by atoms with Crippen LogP contribution in [0, 0.1) is 0 Å². The normalized spacial score (nSPS) is 32.0. The number of thiophene rings is 1. The molecule has 26 heavy (non-hydrogen) atoms. The average molecular weight is 385 g/mol. The highest BCUT2D eigenvalue weighted by Gasteiger charge is 2.48. The van der Waals surface area contributed by atoms with Gasteiger partial charge in [-0.15, -0.1) is 0 Å². The number of urea groups is 1. The number of aliphatic hydroxyl groups excluding tert-OH is 2. The lowest BCUT2D eigenvalue weighted by atomic mass is 10.0. The van der Waals surface area contributed by atoms with Crippen LogP contribution in [0.3, 0.4) is 0 Å². The van der Waals surface area contributed by atoms with Crippen molar-refractivity contribution in [2.75, 3.05) is 38.7 Å². The molecule has 4 N–H and O–H groups in total. The molecule has 0 radical (unpaired) electrons. The second kappa shape index (κ2) is 9.12. The lowest BCUT2D eigenvalue weighted by Gasteiger charge is -2.34. The number of nitrogens with one attached hydrogen (secondary N) is 2. The summed E-state index contributed by atoms with van der Waals surface area (Å²) in [6.07, 6.45) is 0.187. The van der Waals surface area contributed by atoms with Gasteiger partial charge in [0.15, 0.2) is 0 Å². The Balaban J connectivity index is 1.62. The van der Waals surface area contributed by atoms with Gasteiger partial charge < -0.3 is 30.3 Å². The second-order valence-corrected chi connectivity index (χ2v) is 7.49. The number of aliphatic hydroxyl groups is 2. The summed E-state index contributed by atoms with van der Waals surface area (Å²) in [6, 6.07) is 1.44. The van der Waals surface area contributed by atoms with E-state index in [1.54, 1.807) is 7.11 Å². The van der Waals surface area contributed by atoms with Gasteiger partial charge in [-0.3, -0.25) is 4.90 Å². The number of carbonyl (C=O) groups excluding carboxylic acids is 1. The molecule has 2 fully saturated rings. The molecule has 2 aliphatic rings. The molecular weight excluding hydrogens is 358 g/mol. The number of amides is 2. The summed E-state index contributed by atoms with van der Waals surface area (Å²) in [5, 5.41) is 29.4. The molecule has 0 aliphatic carbocycles. The molecule has 3 heterocycles. The Hall–Kier alpha value is -1.23. The van der Waals surface area contributed by atoms with Crippen molar-refractivity contribution in [2.24, 2.45) is 0 Å². The molecule has 9 heteroatoms. The minimum atomic E-state index is -0.802. The molecule has 1 aromatic heterocycles. The van der Waals surface area contributed by atoms with Gasteiger partial charge >= 0.3 is 6.03 Å². The molecule has 2 aliphatic heterocycles. The lowest BCUT2D eigenvalue weighted by molar-refractivity contribution is -0.0205. The van der Waals surface area contributed by atoms with Crippen LogP contribution in [0.5, 0.6) is 0 Å². The van der Waals surface area contributed by atoms with Gasteiger partial charge in [-0.2, -0.15) is 11.3 Å². The number of nitrogens with zero attached hydrogens (tertiary/aromatic N) is 1.